The zero-order valence-corrected chi connectivity index (χ0v) is 18.1. The second kappa shape index (κ2) is 7.81. The number of aromatic nitrogens is 1. The van der Waals surface area contributed by atoms with Gasteiger partial charge >= 0.3 is 0 Å². The molecule has 2 N–H and O–H groups in total. The van der Waals surface area contributed by atoms with E-state index in [1.54, 1.807) is 24.3 Å². The highest BCUT2D eigenvalue weighted by Gasteiger charge is 2.27. The van der Waals surface area contributed by atoms with E-state index in [-0.39, 0.29) is 0 Å². The standard InChI is InChI=1S/C22H19N5O2S2/c23-13-17(21-24-18-5-1-2-6-19(18)25-21)22-26-20(14-30-22)15-7-9-16(10-8-15)31(28,29)27-11-3-4-12-27/h1-2,5-10,14,24-25H,3-4,11-12H2. The normalized spacial score (nSPS) is 15.8. The number of thiazole rings is 1. The zero-order valence-electron chi connectivity index (χ0n) is 16.5. The minimum absolute atomic E-state index is 0.297. The van der Waals surface area contributed by atoms with Gasteiger partial charge < -0.3 is 10.6 Å². The number of hydrogen-bond donors (Lipinski definition) is 2. The lowest BCUT2D eigenvalue weighted by molar-refractivity contribution is 0.477. The summed E-state index contributed by atoms with van der Waals surface area (Å²) >= 11 is 1.37. The van der Waals surface area contributed by atoms with Crippen LogP contribution in [0.4, 0.5) is 11.4 Å². The predicted octanol–water partition coefficient (Wildman–Crippen LogP) is 4.32. The van der Waals surface area contributed by atoms with E-state index >= 15 is 0 Å². The molecule has 31 heavy (non-hydrogen) atoms. The summed E-state index contributed by atoms with van der Waals surface area (Å²) in [6.07, 6.45) is 1.81. The Morgan fingerprint density at radius 3 is 2.29 bits per heavy atom. The van der Waals surface area contributed by atoms with Crippen molar-refractivity contribution >= 4 is 38.3 Å². The summed E-state index contributed by atoms with van der Waals surface area (Å²) in [6, 6.07) is 16.8. The second-order valence-electron chi connectivity index (χ2n) is 7.33. The zero-order chi connectivity index (χ0) is 21.4. The molecule has 2 aromatic carbocycles. The maximum atomic E-state index is 12.7. The van der Waals surface area contributed by atoms with Gasteiger partial charge in [0, 0.05) is 24.0 Å². The van der Waals surface area contributed by atoms with Gasteiger partial charge in [0.25, 0.3) is 0 Å². The molecule has 0 atom stereocenters. The van der Waals surface area contributed by atoms with Crippen LogP contribution in [0.2, 0.25) is 0 Å². The summed E-state index contributed by atoms with van der Waals surface area (Å²) in [7, 11) is -3.44. The minimum atomic E-state index is -3.44. The van der Waals surface area contributed by atoms with Gasteiger partial charge in [-0.1, -0.05) is 24.3 Å². The summed E-state index contributed by atoms with van der Waals surface area (Å²) < 4.78 is 27.0. The number of rotatable bonds is 4. The van der Waals surface area contributed by atoms with Crippen LogP contribution in [0.15, 0.2) is 64.6 Å². The van der Waals surface area contributed by atoms with E-state index in [0.29, 0.717) is 40.1 Å². The van der Waals surface area contributed by atoms with E-state index in [1.807, 2.05) is 29.6 Å². The summed E-state index contributed by atoms with van der Waals surface area (Å²) in [6.45, 7) is 1.16. The van der Waals surface area contributed by atoms with E-state index in [2.05, 4.69) is 21.7 Å². The Hall–Kier alpha value is -3.19. The molecular weight excluding hydrogens is 430 g/mol. The SMILES string of the molecule is N#CC(=C1Nc2ccccc2N1)c1nc(-c2ccc(S(=O)(=O)N3CCCC3)cc2)cs1. The number of benzene rings is 2. The van der Waals surface area contributed by atoms with E-state index in [4.69, 9.17) is 0 Å². The topological polar surface area (TPSA) is 98.1 Å². The Balaban J connectivity index is 1.41. The van der Waals surface area contributed by atoms with Crippen molar-refractivity contribution < 1.29 is 8.42 Å². The molecular formula is C22H19N5O2S2. The quantitative estimate of drug-likeness (QED) is 0.576. The van der Waals surface area contributed by atoms with Crippen LogP contribution in [0.1, 0.15) is 17.8 Å². The van der Waals surface area contributed by atoms with Crippen LogP contribution in [0.3, 0.4) is 0 Å². The molecule has 2 aliphatic rings. The van der Waals surface area contributed by atoms with Crippen LogP contribution in [-0.2, 0) is 10.0 Å². The molecule has 0 amide bonds. The molecule has 0 aliphatic carbocycles. The monoisotopic (exact) mass is 449 g/mol. The van der Waals surface area contributed by atoms with Crippen molar-refractivity contribution in [2.75, 3.05) is 23.7 Å². The molecule has 1 fully saturated rings. The lowest BCUT2D eigenvalue weighted by atomic mass is 10.2. The van der Waals surface area contributed by atoms with Gasteiger partial charge in [0.15, 0.2) is 0 Å². The molecule has 0 bridgehead atoms. The Morgan fingerprint density at radius 2 is 1.68 bits per heavy atom. The summed E-state index contributed by atoms with van der Waals surface area (Å²) in [5.74, 6) is 0.608. The van der Waals surface area contributed by atoms with Crippen LogP contribution in [0, 0.1) is 11.3 Å². The lowest BCUT2D eigenvalue weighted by Crippen LogP contribution is -2.27. The number of nitrogens with zero attached hydrogens (tertiary/aromatic N) is 3. The molecule has 7 nitrogen and oxygen atoms in total. The van der Waals surface area contributed by atoms with E-state index < -0.39 is 10.0 Å². The summed E-state index contributed by atoms with van der Waals surface area (Å²) in [5.41, 5.74) is 3.77. The van der Waals surface area contributed by atoms with Crippen molar-refractivity contribution in [3.63, 3.8) is 0 Å². The predicted molar refractivity (Wildman–Crippen MR) is 122 cm³/mol. The van der Waals surface area contributed by atoms with Crippen LogP contribution >= 0.6 is 11.3 Å². The number of hydrogen-bond acceptors (Lipinski definition) is 7. The Morgan fingerprint density at radius 1 is 1.03 bits per heavy atom. The van der Waals surface area contributed by atoms with Crippen LogP contribution in [-0.4, -0.2) is 30.8 Å². The first-order valence-corrected chi connectivity index (χ1v) is 12.2. The first-order valence-electron chi connectivity index (χ1n) is 9.90. The molecule has 3 aromatic rings. The van der Waals surface area contributed by atoms with E-state index in [0.717, 1.165) is 29.8 Å². The molecule has 0 spiro atoms. The fraction of sp³-hybridized carbons (Fsp3) is 0.182. The third kappa shape index (κ3) is 3.59. The molecule has 0 saturated carbocycles. The molecule has 156 valence electrons. The highest BCUT2D eigenvalue weighted by atomic mass is 32.2. The van der Waals surface area contributed by atoms with Crippen molar-refractivity contribution in [1.82, 2.24) is 9.29 Å². The minimum Gasteiger partial charge on any atom is -0.339 e. The number of fused-ring (bicyclic) bond motifs is 1. The fourth-order valence-electron chi connectivity index (χ4n) is 3.73. The third-order valence-corrected chi connectivity index (χ3v) is 8.15. The average molecular weight is 450 g/mol. The van der Waals surface area contributed by atoms with Gasteiger partial charge in [-0.3, -0.25) is 0 Å². The van der Waals surface area contributed by atoms with Crippen molar-refractivity contribution in [3.05, 3.63) is 64.7 Å². The summed E-state index contributed by atoms with van der Waals surface area (Å²) in [5, 5.41) is 18.7. The van der Waals surface area contributed by atoms with Crippen molar-refractivity contribution in [3.8, 4) is 17.3 Å². The van der Waals surface area contributed by atoms with Gasteiger partial charge in [0.1, 0.15) is 22.5 Å². The van der Waals surface area contributed by atoms with Crippen molar-refractivity contribution in [2.45, 2.75) is 17.7 Å². The smallest absolute Gasteiger partial charge is 0.243 e. The lowest BCUT2D eigenvalue weighted by Gasteiger charge is -2.15. The van der Waals surface area contributed by atoms with Gasteiger partial charge in [-0.2, -0.15) is 9.57 Å². The fourth-order valence-corrected chi connectivity index (χ4v) is 6.08. The van der Waals surface area contributed by atoms with E-state index in [9.17, 15) is 13.7 Å². The maximum Gasteiger partial charge on any atom is 0.243 e. The van der Waals surface area contributed by atoms with Crippen LogP contribution < -0.4 is 10.6 Å². The number of para-hydroxylation sites is 2. The number of anilines is 2. The molecule has 0 unspecified atom stereocenters. The highest BCUT2D eigenvalue weighted by molar-refractivity contribution is 7.89. The largest absolute Gasteiger partial charge is 0.339 e. The molecule has 2 aliphatic heterocycles. The first-order chi connectivity index (χ1) is 15.1. The van der Waals surface area contributed by atoms with Crippen molar-refractivity contribution in [1.29, 1.82) is 5.26 Å². The number of nitrogens with one attached hydrogen (secondary N) is 2. The molecule has 5 rings (SSSR count). The second-order valence-corrected chi connectivity index (χ2v) is 10.1. The average Bonchev–Trinajstić information content (AvgIpc) is 3.55. The van der Waals surface area contributed by atoms with Gasteiger partial charge in [-0.25, -0.2) is 13.4 Å². The van der Waals surface area contributed by atoms with Gasteiger partial charge in [-0.05, 0) is 37.1 Å². The third-order valence-electron chi connectivity index (χ3n) is 5.38. The number of allylic oxidation sites excluding steroid dienone is 1. The number of sulfonamides is 1. The van der Waals surface area contributed by atoms with Crippen LogP contribution in [0.25, 0.3) is 16.8 Å². The summed E-state index contributed by atoms with van der Waals surface area (Å²) in [4.78, 5) is 4.92. The highest BCUT2D eigenvalue weighted by Crippen LogP contribution is 2.35. The molecule has 0 radical (unpaired) electrons. The molecule has 9 heteroatoms. The Labute approximate surface area is 184 Å². The van der Waals surface area contributed by atoms with Crippen LogP contribution in [0.5, 0.6) is 0 Å². The van der Waals surface area contributed by atoms with Gasteiger partial charge in [0.2, 0.25) is 10.0 Å². The molecule has 3 heterocycles. The molecule has 1 saturated heterocycles. The Bertz CT molecular complexity index is 1290. The van der Waals surface area contributed by atoms with Gasteiger partial charge in [0.05, 0.1) is 22.0 Å². The first kappa shape index (κ1) is 19.8. The van der Waals surface area contributed by atoms with Gasteiger partial charge in [-0.15, -0.1) is 11.3 Å². The number of nitriles is 1. The molecule has 1 aromatic heterocycles. The van der Waals surface area contributed by atoms with Crippen molar-refractivity contribution in [2.24, 2.45) is 0 Å². The van der Waals surface area contributed by atoms with E-state index in [1.165, 1.54) is 15.6 Å². The Kier molecular flexibility index (Phi) is 4.98. The maximum absolute atomic E-state index is 12.7.